The molecule has 3 saturated heterocycles. The number of nitrogens with one attached hydrogen (secondary N) is 5. The van der Waals surface area contributed by atoms with Gasteiger partial charge in [-0.2, -0.15) is 12.7 Å². The minimum absolute atomic E-state index is 0.0119. The second-order valence-electron chi connectivity index (χ2n) is 16.5. The van der Waals surface area contributed by atoms with Crippen LogP contribution in [0.5, 0.6) is 0 Å². The van der Waals surface area contributed by atoms with Gasteiger partial charge in [0.1, 0.15) is 23.3 Å². The molecule has 1 atom stereocenters. The number of pyridine rings is 1. The molecule has 342 valence electrons. The van der Waals surface area contributed by atoms with Gasteiger partial charge in [0.2, 0.25) is 29.5 Å². The molecule has 3 fully saturated rings. The number of halogens is 3. The van der Waals surface area contributed by atoms with E-state index >= 15 is 13.2 Å². The van der Waals surface area contributed by atoms with Gasteiger partial charge in [-0.15, -0.1) is 0 Å². The van der Waals surface area contributed by atoms with Crippen LogP contribution in [0.15, 0.2) is 61.2 Å². The Kier molecular flexibility index (Phi) is 13.0. The first kappa shape index (κ1) is 45.0. The fourth-order valence-corrected chi connectivity index (χ4v) is 9.31. The average molecular weight is 916 g/mol. The van der Waals surface area contributed by atoms with Crippen LogP contribution in [0, 0.1) is 23.4 Å². The van der Waals surface area contributed by atoms with Crippen molar-refractivity contribution in [2.45, 2.75) is 64.0 Å². The van der Waals surface area contributed by atoms with Crippen molar-refractivity contribution in [3.63, 3.8) is 0 Å². The van der Waals surface area contributed by atoms with Crippen LogP contribution in [0.3, 0.4) is 0 Å². The molecule has 6 heterocycles. The zero-order valence-corrected chi connectivity index (χ0v) is 36.5. The zero-order chi connectivity index (χ0) is 46.0. The van der Waals surface area contributed by atoms with Crippen LogP contribution in [0.2, 0.25) is 0 Å². The number of carbonyl (C=O) groups is 4. The van der Waals surface area contributed by atoms with E-state index in [2.05, 4.69) is 40.6 Å². The van der Waals surface area contributed by atoms with E-state index in [-0.39, 0.29) is 53.3 Å². The predicted molar refractivity (Wildman–Crippen MR) is 237 cm³/mol. The van der Waals surface area contributed by atoms with E-state index < -0.39 is 56.6 Å². The number of aromatic amines is 1. The molecule has 0 saturated carbocycles. The molecule has 3 aromatic heterocycles. The molecule has 65 heavy (non-hydrogen) atoms. The van der Waals surface area contributed by atoms with Gasteiger partial charge in [-0.1, -0.05) is 6.92 Å². The van der Waals surface area contributed by atoms with Gasteiger partial charge < -0.3 is 25.4 Å². The minimum Gasteiger partial charge on any atom is -0.374 e. The van der Waals surface area contributed by atoms with Crippen molar-refractivity contribution in [1.29, 1.82) is 0 Å². The third-order valence-electron chi connectivity index (χ3n) is 12.3. The number of hydrogen-bond donors (Lipinski definition) is 5. The number of fused-ring (bicyclic) bond motifs is 1. The number of nitrogens with zero attached hydrogens (tertiary/aromatic N) is 6. The maximum atomic E-state index is 15.6. The van der Waals surface area contributed by atoms with Gasteiger partial charge in [-0.3, -0.25) is 29.2 Å². The first-order valence-electron chi connectivity index (χ1n) is 21.4. The molecule has 0 bridgehead atoms. The lowest BCUT2D eigenvalue weighted by atomic mass is 9.93. The SMILES string of the molecule is CCN(C)S(=O)(=O)Nc1ccc(F)c(C(=O)c2c[nH]c3ncc(-c4cnc(N5CCC(CC(=O)NC6CCN(c7ccc(NC8CCC(=O)NC8=O)cc7F)CC6)CC5)nc4)cc23)c1F. The number of benzene rings is 2. The third kappa shape index (κ3) is 9.90. The minimum atomic E-state index is -4.16. The van der Waals surface area contributed by atoms with Crippen molar-refractivity contribution in [1.82, 2.24) is 34.9 Å². The molecular weight excluding hydrogens is 868 g/mol. The summed E-state index contributed by atoms with van der Waals surface area (Å²) in [5, 5.41) is 8.75. The van der Waals surface area contributed by atoms with E-state index in [9.17, 15) is 27.6 Å². The maximum absolute atomic E-state index is 15.6. The molecule has 8 rings (SSSR count). The molecule has 0 radical (unpaired) electrons. The van der Waals surface area contributed by atoms with Crippen LogP contribution in [-0.4, -0.2) is 108 Å². The fraction of sp³-hybridized carbons (Fsp3) is 0.386. The molecule has 0 aliphatic carbocycles. The molecule has 3 aliphatic rings. The Balaban J connectivity index is 0.818. The van der Waals surface area contributed by atoms with Crippen LogP contribution in [0.1, 0.15) is 67.8 Å². The lowest BCUT2D eigenvalue weighted by Gasteiger charge is -2.35. The number of piperidine rings is 3. The van der Waals surface area contributed by atoms with Crippen LogP contribution in [-0.2, 0) is 24.6 Å². The zero-order valence-electron chi connectivity index (χ0n) is 35.7. The summed E-state index contributed by atoms with van der Waals surface area (Å²) >= 11 is 0. The number of aromatic nitrogens is 4. The maximum Gasteiger partial charge on any atom is 0.301 e. The first-order valence-corrected chi connectivity index (χ1v) is 22.9. The highest BCUT2D eigenvalue weighted by Crippen LogP contribution is 2.32. The summed E-state index contributed by atoms with van der Waals surface area (Å²) in [5.41, 5.74) is 0.756. The Labute approximate surface area is 372 Å². The number of amides is 3. The lowest BCUT2D eigenvalue weighted by Crippen LogP contribution is -2.47. The van der Waals surface area contributed by atoms with Gasteiger partial charge >= 0.3 is 10.2 Å². The second-order valence-corrected chi connectivity index (χ2v) is 18.3. The van der Waals surface area contributed by atoms with Crippen molar-refractivity contribution < 1.29 is 40.8 Å². The third-order valence-corrected chi connectivity index (χ3v) is 13.8. The van der Waals surface area contributed by atoms with E-state index in [1.807, 2.05) is 9.80 Å². The summed E-state index contributed by atoms with van der Waals surface area (Å²) in [5.74, 6) is -4.00. The van der Waals surface area contributed by atoms with Gasteiger partial charge in [0.25, 0.3) is 0 Å². The predicted octanol–water partition coefficient (Wildman–Crippen LogP) is 4.89. The molecular formula is C44H48F3N11O6S. The van der Waals surface area contributed by atoms with Gasteiger partial charge in [0.05, 0.1) is 16.9 Å². The van der Waals surface area contributed by atoms with E-state index in [0.717, 1.165) is 29.3 Å². The highest BCUT2D eigenvalue weighted by atomic mass is 32.2. The monoisotopic (exact) mass is 915 g/mol. The molecule has 2 aromatic carbocycles. The highest BCUT2D eigenvalue weighted by molar-refractivity contribution is 7.90. The summed E-state index contributed by atoms with van der Waals surface area (Å²) in [6.07, 6.45) is 9.91. The average Bonchev–Trinajstić information content (AvgIpc) is 3.72. The van der Waals surface area contributed by atoms with Crippen LogP contribution < -0.4 is 30.5 Å². The normalized spacial score (nSPS) is 17.7. The van der Waals surface area contributed by atoms with Crippen LogP contribution >= 0.6 is 0 Å². The molecule has 0 spiro atoms. The summed E-state index contributed by atoms with van der Waals surface area (Å²) < 4.78 is 73.9. The van der Waals surface area contributed by atoms with Gasteiger partial charge in [0.15, 0.2) is 5.82 Å². The molecule has 17 nitrogen and oxygen atoms in total. The van der Waals surface area contributed by atoms with Gasteiger partial charge in [-0.05, 0) is 74.4 Å². The second kappa shape index (κ2) is 18.9. The van der Waals surface area contributed by atoms with E-state index in [0.29, 0.717) is 80.3 Å². The van der Waals surface area contributed by atoms with Crippen molar-refractivity contribution in [2.75, 3.05) is 59.6 Å². The lowest BCUT2D eigenvalue weighted by molar-refractivity contribution is -0.133. The number of rotatable bonds is 14. The van der Waals surface area contributed by atoms with Crippen molar-refractivity contribution in [3.05, 3.63) is 89.8 Å². The van der Waals surface area contributed by atoms with E-state index in [4.69, 9.17) is 0 Å². The van der Waals surface area contributed by atoms with Crippen molar-refractivity contribution in [2.24, 2.45) is 5.92 Å². The molecule has 3 aliphatic heterocycles. The first-order chi connectivity index (χ1) is 31.2. The topological polar surface area (TPSA) is 215 Å². The summed E-state index contributed by atoms with van der Waals surface area (Å²) in [6, 6.07) is 7.51. The van der Waals surface area contributed by atoms with Crippen LogP contribution in [0.25, 0.3) is 22.2 Å². The van der Waals surface area contributed by atoms with Crippen LogP contribution in [0.4, 0.5) is 36.2 Å². The Bertz CT molecular complexity index is 2740. The van der Waals surface area contributed by atoms with Gasteiger partial charge in [0, 0.05) is 111 Å². The molecule has 21 heteroatoms. The number of hydrogen-bond acceptors (Lipinski definition) is 12. The Morgan fingerprint density at radius 3 is 2.28 bits per heavy atom. The molecule has 5 N–H and O–H groups in total. The smallest absolute Gasteiger partial charge is 0.301 e. The van der Waals surface area contributed by atoms with Gasteiger partial charge in [-0.25, -0.2) is 28.1 Å². The summed E-state index contributed by atoms with van der Waals surface area (Å²) in [6.45, 7) is 4.12. The standard InChI is InChI=1S/C44H48F3N11O6S/c1-3-56(2)65(63,64)55-34-6-5-32(45)39(40(34)47)41(61)31-24-49-42-30(31)19-26(21-48-42)27-22-50-44(51-23-27)58-14-10-25(11-15-58)18-38(60)53-28-12-16-57(17-13-28)36-8-4-29(20-33(36)46)52-35-7-9-37(59)54-43(35)62/h4-6,8,19-25,28,35,52,55H,3,7,9-18H2,1-2H3,(H,48,49)(H,53,60)(H,54,59,62). The number of carbonyl (C=O) groups excluding carboxylic acids is 4. The number of H-pyrrole nitrogens is 1. The number of anilines is 4. The molecule has 3 amide bonds. The largest absolute Gasteiger partial charge is 0.374 e. The summed E-state index contributed by atoms with van der Waals surface area (Å²) in [7, 11) is -2.87. The molecule has 5 aromatic rings. The highest BCUT2D eigenvalue weighted by Gasteiger charge is 2.30. The Hall–Kier alpha value is -6.61. The van der Waals surface area contributed by atoms with E-state index in [1.54, 1.807) is 43.7 Å². The Morgan fingerprint density at radius 2 is 1.58 bits per heavy atom. The summed E-state index contributed by atoms with van der Waals surface area (Å²) in [4.78, 5) is 70.7. The molecule has 1 unspecified atom stereocenters. The van der Waals surface area contributed by atoms with Crippen molar-refractivity contribution in [3.8, 4) is 11.1 Å². The Morgan fingerprint density at radius 1 is 0.877 bits per heavy atom. The quantitative estimate of drug-likeness (QED) is 0.0745. The van der Waals surface area contributed by atoms with E-state index in [1.165, 1.54) is 19.3 Å². The van der Waals surface area contributed by atoms with Crippen molar-refractivity contribution >= 4 is 67.8 Å². The number of ketones is 1. The fourth-order valence-electron chi connectivity index (χ4n) is 8.38. The number of imide groups is 1.